The fourth-order valence-corrected chi connectivity index (χ4v) is 1.81. The van der Waals surface area contributed by atoms with E-state index in [1.54, 1.807) is 0 Å². The zero-order valence-corrected chi connectivity index (χ0v) is 11.7. The van der Waals surface area contributed by atoms with Crippen molar-refractivity contribution in [3.63, 3.8) is 0 Å². The van der Waals surface area contributed by atoms with Crippen LogP contribution in [0.25, 0.3) is 0 Å². The molecule has 2 aromatic carbocycles. The molecule has 2 rings (SSSR count). The fraction of sp³-hybridized carbons (Fsp3) is 0.0667. The summed E-state index contributed by atoms with van der Waals surface area (Å²) in [6.45, 7) is 0. The number of nitrogens with zero attached hydrogens (tertiary/aromatic N) is 2. The van der Waals surface area contributed by atoms with E-state index in [0.29, 0.717) is 11.1 Å². The number of hydrogen-bond acceptors (Lipinski definition) is 2. The number of benzene rings is 2. The summed E-state index contributed by atoms with van der Waals surface area (Å²) in [4.78, 5) is 0. The number of guanidine groups is 1. The Bertz CT molecular complexity index is 728. The fourth-order valence-electron chi connectivity index (χ4n) is 1.81. The van der Waals surface area contributed by atoms with Gasteiger partial charge in [-0.25, -0.2) is 4.39 Å². The smallest absolute Gasteiger partial charge is 0.369 e. The van der Waals surface area contributed by atoms with Gasteiger partial charge in [0.05, 0.1) is 5.56 Å². The van der Waals surface area contributed by atoms with E-state index in [2.05, 4.69) is 10.2 Å². The van der Waals surface area contributed by atoms with E-state index in [1.165, 1.54) is 36.4 Å². The molecule has 120 valence electrons. The van der Waals surface area contributed by atoms with Gasteiger partial charge in [-0.2, -0.15) is 13.2 Å². The zero-order valence-electron chi connectivity index (χ0n) is 11.7. The molecule has 2 aromatic rings. The molecule has 0 aliphatic heterocycles. The van der Waals surface area contributed by atoms with E-state index in [-0.39, 0.29) is 11.7 Å². The molecule has 0 saturated heterocycles. The summed E-state index contributed by atoms with van der Waals surface area (Å²) in [5, 5.41) is 7.35. The predicted molar refractivity (Wildman–Crippen MR) is 79.3 cm³/mol. The quantitative estimate of drug-likeness (QED) is 0.394. The maximum atomic E-state index is 13.0. The molecule has 0 saturated carbocycles. The van der Waals surface area contributed by atoms with Crippen molar-refractivity contribution in [3.05, 3.63) is 71.0 Å². The van der Waals surface area contributed by atoms with E-state index in [4.69, 9.17) is 11.5 Å². The number of nitrogens with two attached hydrogens (primary N) is 2. The Labute approximate surface area is 129 Å². The van der Waals surface area contributed by atoms with E-state index in [1.807, 2.05) is 0 Å². The number of rotatable bonds is 3. The van der Waals surface area contributed by atoms with Gasteiger partial charge in [-0.05, 0) is 36.4 Å². The molecule has 0 spiro atoms. The van der Waals surface area contributed by atoms with Crippen LogP contribution in [0.4, 0.5) is 17.6 Å². The Hall–Kier alpha value is -2.90. The van der Waals surface area contributed by atoms with Gasteiger partial charge in [-0.1, -0.05) is 12.1 Å². The molecular weight excluding hydrogens is 312 g/mol. The summed E-state index contributed by atoms with van der Waals surface area (Å²) >= 11 is 0. The first-order chi connectivity index (χ1) is 10.8. The van der Waals surface area contributed by atoms with Crippen molar-refractivity contribution in [2.24, 2.45) is 21.7 Å². The highest BCUT2D eigenvalue weighted by Gasteiger charge is 2.30. The van der Waals surface area contributed by atoms with Crippen molar-refractivity contribution in [1.82, 2.24) is 0 Å². The maximum absolute atomic E-state index is 13.0. The number of hydrogen-bond donors (Lipinski definition) is 2. The minimum absolute atomic E-state index is 0.215. The van der Waals surface area contributed by atoms with E-state index >= 15 is 0 Å². The number of alkyl halides is 3. The van der Waals surface area contributed by atoms with Gasteiger partial charge in [-0.15, -0.1) is 10.2 Å². The average Bonchev–Trinajstić information content (AvgIpc) is 2.48. The highest BCUT2D eigenvalue weighted by molar-refractivity contribution is 6.13. The lowest BCUT2D eigenvalue weighted by Crippen LogP contribution is -2.22. The second kappa shape index (κ2) is 6.47. The molecule has 0 fully saturated rings. The molecule has 23 heavy (non-hydrogen) atoms. The van der Waals surface area contributed by atoms with Crippen molar-refractivity contribution in [3.8, 4) is 0 Å². The Balaban J connectivity index is 2.48. The monoisotopic (exact) mass is 324 g/mol. The Morgan fingerprint density at radius 2 is 1.26 bits per heavy atom. The minimum atomic E-state index is -4.44. The molecule has 0 aromatic heterocycles. The summed E-state index contributed by atoms with van der Waals surface area (Å²) in [6, 6.07) is 9.57. The second-order valence-corrected chi connectivity index (χ2v) is 4.56. The first kappa shape index (κ1) is 16.5. The minimum Gasteiger partial charge on any atom is -0.369 e. The molecule has 0 amide bonds. The molecule has 0 radical (unpaired) electrons. The Morgan fingerprint density at radius 1 is 0.783 bits per heavy atom. The van der Waals surface area contributed by atoms with Crippen LogP contribution >= 0.6 is 0 Å². The van der Waals surface area contributed by atoms with Crippen LogP contribution in [0.15, 0.2) is 58.7 Å². The second-order valence-electron chi connectivity index (χ2n) is 4.56. The van der Waals surface area contributed by atoms with Crippen molar-refractivity contribution < 1.29 is 17.6 Å². The first-order valence-electron chi connectivity index (χ1n) is 6.37. The normalized spacial score (nSPS) is 12.1. The summed E-state index contributed by atoms with van der Waals surface area (Å²) in [7, 11) is 0. The van der Waals surface area contributed by atoms with Crippen LogP contribution < -0.4 is 11.5 Å². The topological polar surface area (TPSA) is 76.8 Å². The van der Waals surface area contributed by atoms with Gasteiger partial charge in [0, 0.05) is 11.1 Å². The van der Waals surface area contributed by atoms with Crippen LogP contribution in [0.2, 0.25) is 0 Å². The molecule has 0 heterocycles. The lowest BCUT2D eigenvalue weighted by molar-refractivity contribution is -0.137. The van der Waals surface area contributed by atoms with Crippen molar-refractivity contribution >= 4 is 11.7 Å². The van der Waals surface area contributed by atoms with E-state index in [9.17, 15) is 17.6 Å². The number of halogens is 4. The van der Waals surface area contributed by atoms with E-state index < -0.39 is 17.6 Å². The molecule has 0 bridgehead atoms. The zero-order chi connectivity index (χ0) is 17.0. The van der Waals surface area contributed by atoms with Gasteiger partial charge in [0.2, 0.25) is 5.96 Å². The Morgan fingerprint density at radius 3 is 1.70 bits per heavy atom. The third-order valence-electron chi connectivity index (χ3n) is 2.87. The van der Waals surface area contributed by atoms with Crippen LogP contribution in [0.1, 0.15) is 16.7 Å². The van der Waals surface area contributed by atoms with Crippen LogP contribution in [0.3, 0.4) is 0 Å². The van der Waals surface area contributed by atoms with Gasteiger partial charge >= 0.3 is 6.18 Å². The molecule has 4 nitrogen and oxygen atoms in total. The predicted octanol–water partition coefficient (Wildman–Crippen LogP) is 2.87. The molecular formula is C15H12F4N4. The third-order valence-corrected chi connectivity index (χ3v) is 2.87. The first-order valence-corrected chi connectivity index (χ1v) is 6.37. The SMILES string of the molecule is NC(N)=N/N=C(\c1ccc(F)cc1)c1ccc(C(F)(F)F)cc1. The highest BCUT2D eigenvalue weighted by Crippen LogP contribution is 2.29. The summed E-state index contributed by atoms with van der Waals surface area (Å²) in [5.41, 5.74) is 10.7. The summed E-state index contributed by atoms with van der Waals surface area (Å²) in [5.74, 6) is -0.765. The lowest BCUT2D eigenvalue weighted by atomic mass is 10.0. The van der Waals surface area contributed by atoms with Gasteiger partial charge in [0.15, 0.2) is 0 Å². The van der Waals surface area contributed by atoms with Gasteiger partial charge in [0.25, 0.3) is 0 Å². The van der Waals surface area contributed by atoms with Crippen LogP contribution in [0, 0.1) is 5.82 Å². The third kappa shape index (κ3) is 4.29. The van der Waals surface area contributed by atoms with Crippen molar-refractivity contribution in [2.45, 2.75) is 6.18 Å². The standard InChI is InChI=1S/C15H12F4N4/c16-12-7-3-10(4-8-12)13(22-23-14(20)21)9-1-5-11(6-2-9)15(17,18)19/h1-8H,(H4,20,21,23)/b22-13-. The summed E-state index contributed by atoms with van der Waals surface area (Å²) < 4.78 is 50.9. The maximum Gasteiger partial charge on any atom is 0.416 e. The Kier molecular flexibility index (Phi) is 4.63. The van der Waals surface area contributed by atoms with Gasteiger partial charge in [-0.3, -0.25) is 0 Å². The molecule has 8 heteroatoms. The van der Waals surface area contributed by atoms with Crippen molar-refractivity contribution in [2.75, 3.05) is 0 Å². The molecule has 0 atom stereocenters. The molecule has 0 aliphatic rings. The highest BCUT2D eigenvalue weighted by atomic mass is 19.4. The van der Waals surface area contributed by atoms with Gasteiger partial charge in [0.1, 0.15) is 11.5 Å². The average molecular weight is 324 g/mol. The lowest BCUT2D eigenvalue weighted by Gasteiger charge is -2.09. The van der Waals surface area contributed by atoms with Crippen LogP contribution in [0.5, 0.6) is 0 Å². The molecule has 4 N–H and O–H groups in total. The summed E-state index contributed by atoms with van der Waals surface area (Å²) in [6.07, 6.45) is -4.44. The van der Waals surface area contributed by atoms with Crippen LogP contribution in [-0.4, -0.2) is 11.7 Å². The molecule has 0 aliphatic carbocycles. The largest absolute Gasteiger partial charge is 0.416 e. The van der Waals surface area contributed by atoms with Crippen LogP contribution in [-0.2, 0) is 6.18 Å². The van der Waals surface area contributed by atoms with Crippen molar-refractivity contribution in [1.29, 1.82) is 0 Å². The van der Waals surface area contributed by atoms with Gasteiger partial charge < -0.3 is 11.5 Å². The molecule has 0 unspecified atom stereocenters. The van der Waals surface area contributed by atoms with E-state index in [0.717, 1.165) is 12.1 Å².